The number of aliphatic imine (C=N–C) groups is 1. The SMILES string of the molecule is C=N/C=C(/CCOCN1C=C(F)C(=C)NC1=O)N(N)CCc1cccc(OCC(F)F)c1. The number of nitrogens with zero attached hydrogens (tertiary/aromatic N) is 3. The highest BCUT2D eigenvalue weighted by molar-refractivity contribution is 5.79. The van der Waals surface area contributed by atoms with E-state index in [4.69, 9.17) is 15.3 Å². The van der Waals surface area contributed by atoms with Crippen molar-refractivity contribution in [2.24, 2.45) is 10.8 Å². The van der Waals surface area contributed by atoms with Crippen LogP contribution in [0, 0.1) is 0 Å². The number of nitrogens with one attached hydrogen (secondary N) is 1. The molecule has 0 saturated carbocycles. The summed E-state index contributed by atoms with van der Waals surface area (Å²) in [5, 5.41) is 3.75. The van der Waals surface area contributed by atoms with E-state index in [1.54, 1.807) is 18.2 Å². The molecule has 2 rings (SSSR count). The van der Waals surface area contributed by atoms with Crippen molar-refractivity contribution in [3.05, 3.63) is 66.0 Å². The van der Waals surface area contributed by atoms with Crippen molar-refractivity contribution in [1.29, 1.82) is 0 Å². The first-order valence-electron chi connectivity index (χ1n) is 9.69. The molecule has 0 saturated heterocycles. The molecule has 32 heavy (non-hydrogen) atoms. The van der Waals surface area contributed by atoms with E-state index in [9.17, 15) is 18.0 Å². The summed E-state index contributed by atoms with van der Waals surface area (Å²) in [6.45, 7) is 6.58. The zero-order chi connectivity index (χ0) is 23.5. The van der Waals surface area contributed by atoms with Gasteiger partial charge in [0.25, 0.3) is 6.43 Å². The highest BCUT2D eigenvalue weighted by Gasteiger charge is 2.20. The number of urea groups is 1. The third-order valence-corrected chi connectivity index (χ3v) is 4.33. The summed E-state index contributed by atoms with van der Waals surface area (Å²) in [7, 11) is 0. The quantitative estimate of drug-likeness (QED) is 0.207. The average Bonchev–Trinajstić information content (AvgIpc) is 2.76. The summed E-state index contributed by atoms with van der Waals surface area (Å²) in [5.41, 5.74) is 1.39. The summed E-state index contributed by atoms with van der Waals surface area (Å²) in [5.74, 6) is 5.83. The number of amides is 2. The molecule has 3 N–H and O–H groups in total. The molecule has 174 valence electrons. The van der Waals surface area contributed by atoms with Gasteiger partial charge in [0.2, 0.25) is 0 Å². The van der Waals surface area contributed by atoms with Gasteiger partial charge in [0.1, 0.15) is 19.1 Å². The number of carbonyl (C=O) groups is 1. The number of ether oxygens (including phenoxy) is 2. The first-order valence-corrected chi connectivity index (χ1v) is 9.69. The van der Waals surface area contributed by atoms with Crippen LogP contribution in [0.1, 0.15) is 12.0 Å². The fourth-order valence-corrected chi connectivity index (χ4v) is 2.70. The maximum Gasteiger partial charge on any atom is 0.327 e. The third kappa shape index (κ3) is 8.08. The molecule has 0 unspecified atom stereocenters. The maximum absolute atomic E-state index is 13.5. The predicted octanol–water partition coefficient (Wildman–Crippen LogP) is 3.30. The van der Waals surface area contributed by atoms with E-state index in [1.165, 1.54) is 11.2 Å². The van der Waals surface area contributed by atoms with E-state index >= 15 is 0 Å². The van der Waals surface area contributed by atoms with Crippen molar-refractivity contribution in [2.45, 2.75) is 19.3 Å². The second kappa shape index (κ2) is 12.5. The van der Waals surface area contributed by atoms with Crippen LogP contribution in [0.15, 0.2) is 65.5 Å². The van der Waals surface area contributed by atoms with Crippen LogP contribution in [0.25, 0.3) is 0 Å². The molecule has 1 aromatic carbocycles. The molecule has 0 bridgehead atoms. The minimum Gasteiger partial charge on any atom is -0.488 e. The number of hydrogen-bond donors (Lipinski definition) is 2. The van der Waals surface area contributed by atoms with Gasteiger partial charge in [-0.2, -0.15) is 0 Å². The third-order valence-electron chi connectivity index (χ3n) is 4.33. The smallest absolute Gasteiger partial charge is 0.327 e. The number of carbonyl (C=O) groups excluding carboxylic acids is 1. The molecule has 1 aliphatic heterocycles. The van der Waals surface area contributed by atoms with Crippen LogP contribution in [0.4, 0.5) is 18.0 Å². The van der Waals surface area contributed by atoms with Crippen LogP contribution >= 0.6 is 0 Å². The van der Waals surface area contributed by atoms with Crippen LogP contribution in [-0.4, -0.2) is 55.6 Å². The highest BCUT2D eigenvalue weighted by Crippen LogP contribution is 2.16. The topological polar surface area (TPSA) is 92.4 Å². The number of allylic oxidation sites excluding steroid dienone is 1. The maximum atomic E-state index is 13.5. The van der Waals surface area contributed by atoms with Crippen LogP contribution in [-0.2, 0) is 11.2 Å². The lowest BCUT2D eigenvalue weighted by atomic mass is 10.1. The van der Waals surface area contributed by atoms with Crippen molar-refractivity contribution in [3.8, 4) is 5.75 Å². The molecule has 0 aliphatic carbocycles. The minimum absolute atomic E-state index is 0.0987. The van der Waals surface area contributed by atoms with E-state index in [-0.39, 0.29) is 19.0 Å². The fraction of sp³-hybridized carbons (Fsp3) is 0.333. The van der Waals surface area contributed by atoms with Crippen molar-refractivity contribution < 1.29 is 27.4 Å². The molecule has 8 nitrogen and oxygen atoms in total. The first kappa shape index (κ1) is 25.0. The molecule has 0 spiro atoms. The second-order valence-electron chi connectivity index (χ2n) is 6.74. The number of benzene rings is 1. The van der Waals surface area contributed by atoms with Crippen LogP contribution in [0.2, 0.25) is 0 Å². The summed E-state index contributed by atoms with van der Waals surface area (Å²) in [4.78, 5) is 16.5. The minimum atomic E-state index is -2.54. The van der Waals surface area contributed by atoms with Gasteiger partial charge >= 0.3 is 6.03 Å². The summed E-state index contributed by atoms with van der Waals surface area (Å²) < 4.78 is 48.6. The van der Waals surface area contributed by atoms with Crippen molar-refractivity contribution in [2.75, 3.05) is 26.5 Å². The Morgan fingerprint density at radius 2 is 2.19 bits per heavy atom. The van der Waals surface area contributed by atoms with Gasteiger partial charge in [-0.3, -0.25) is 9.89 Å². The normalized spacial score (nSPS) is 14.3. The Hall–Kier alpha value is -3.31. The number of rotatable bonds is 13. The molecule has 11 heteroatoms. The Morgan fingerprint density at radius 1 is 1.41 bits per heavy atom. The zero-order valence-electron chi connectivity index (χ0n) is 17.5. The Bertz CT molecular complexity index is 876. The number of hydrazine groups is 1. The standard InChI is InChI=1S/C21H26F3N5O3/c1-15-19(22)12-28(21(30)27-15)14-31-9-7-17(11-26-2)29(25)8-6-16-4-3-5-18(10-16)32-13-20(23)24/h3-5,10-12,20H,1-2,6-9,13-14,25H2,(H,27,30)/b17-11-. The Morgan fingerprint density at radius 3 is 2.91 bits per heavy atom. The molecule has 0 aromatic heterocycles. The van der Waals surface area contributed by atoms with E-state index in [2.05, 4.69) is 23.6 Å². The Labute approximate surface area is 184 Å². The number of alkyl halides is 2. The highest BCUT2D eigenvalue weighted by atomic mass is 19.3. The molecule has 0 fully saturated rings. The van der Waals surface area contributed by atoms with Crippen molar-refractivity contribution >= 4 is 12.7 Å². The van der Waals surface area contributed by atoms with Gasteiger partial charge in [-0.05, 0) is 30.8 Å². The lowest BCUT2D eigenvalue weighted by Gasteiger charge is -2.25. The fourth-order valence-electron chi connectivity index (χ4n) is 2.70. The predicted molar refractivity (Wildman–Crippen MR) is 114 cm³/mol. The second-order valence-corrected chi connectivity index (χ2v) is 6.74. The largest absolute Gasteiger partial charge is 0.488 e. The van der Waals surface area contributed by atoms with Crippen LogP contribution < -0.4 is 15.9 Å². The van der Waals surface area contributed by atoms with Crippen LogP contribution in [0.3, 0.4) is 0 Å². The van der Waals surface area contributed by atoms with Crippen molar-refractivity contribution in [1.82, 2.24) is 15.2 Å². The Kier molecular flexibility index (Phi) is 9.76. The lowest BCUT2D eigenvalue weighted by Crippen LogP contribution is -2.41. The van der Waals surface area contributed by atoms with Gasteiger partial charge in [-0.1, -0.05) is 18.7 Å². The molecule has 0 atom stereocenters. The zero-order valence-corrected chi connectivity index (χ0v) is 17.5. The Balaban J connectivity index is 1.81. The average molecular weight is 453 g/mol. The molecule has 1 heterocycles. The van der Waals surface area contributed by atoms with Gasteiger partial charge in [-0.15, -0.1) is 0 Å². The van der Waals surface area contributed by atoms with Gasteiger partial charge in [0, 0.05) is 31.1 Å². The molecule has 1 aliphatic rings. The van der Waals surface area contributed by atoms with E-state index in [0.29, 0.717) is 30.8 Å². The molecule has 2 amide bonds. The molecule has 1 aromatic rings. The summed E-state index contributed by atoms with van der Waals surface area (Å²) in [6.07, 6.45) is 0.847. The monoisotopic (exact) mass is 453 g/mol. The first-order chi connectivity index (χ1) is 15.3. The van der Waals surface area contributed by atoms with Crippen molar-refractivity contribution in [3.63, 3.8) is 0 Å². The molecular formula is C21H26F3N5O3. The van der Waals surface area contributed by atoms with Gasteiger partial charge in [0.15, 0.2) is 5.83 Å². The number of halogens is 3. The van der Waals surface area contributed by atoms with E-state index < -0.39 is 24.9 Å². The van der Waals surface area contributed by atoms with Crippen LogP contribution in [0.5, 0.6) is 5.75 Å². The summed E-state index contributed by atoms with van der Waals surface area (Å²) >= 11 is 0. The molecule has 0 radical (unpaired) electrons. The van der Waals surface area contributed by atoms with E-state index in [0.717, 1.165) is 16.7 Å². The number of nitrogens with two attached hydrogens (primary N) is 1. The van der Waals surface area contributed by atoms with Gasteiger partial charge < -0.3 is 19.8 Å². The van der Waals surface area contributed by atoms with Gasteiger partial charge in [0.05, 0.1) is 12.3 Å². The summed E-state index contributed by atoms with van der Waals surface area (Å²) in [6, 6.07) is 6.30. The molecular weight excluding hydrogens is 427 g/mol. The lowest BCUT2D eigenvalue weighted by molar-refractivity contribution is 0.0652. The number of hydrogen-bond acceptors (Lipinski definition) is 6. The van der Waals surface area contributed by atoms with E-state index in [1.807, 2.05) is 6.07 Å². The van der Waals surface area contributed by atoms with Gasteiger partial charge in [-0.25, -0.2) is 23.8 Å².